The van der Waals surface area contributed by atoms with E-state index in [0.29, 0.717) is 28.5 Å². The van der Waals surface area contributed by atoms with Crippen molar-refractivity contribution in [1.29, 1.82) is 0 Å². The Bertz CT molecular complexity index is 795. The van der Waals surface area contributed by atoms with Gasteiger partial charge in [-0.05, 0) is 42.0 Å². The Morgan fingerprint density at radius 1 is 0.826 bits per heavy atom. The summed E-state index contributed by atoms with van der Waals surface area (Å²) in [7, 11) is 0. The summed E-state index contributed by atoms with van der Waals surface area (Å²) in [6.45, 7) is 0.422. The Balaban J connectivity index is 1.82. The number of carbonyl (C=O) groups is 1. The predicted octanol–water partition coefficient (Wildman–Crippen LogP) is 5.15. The summed E-state index contributed by atoms with van der Waals surface area (Å²) in [6, 6.07) is 24.0. The van der Waals surface area contributed by atoms with E-state index in [9.17, 15) is 4.79 Å². The summed E-state index contributed by atoms with van der Waals surface area (Å²) in [5.74, 6) is 0.502. The molecule has 3 aromatic carbocycles. The zero-order valence-electron chi connectivity index (χ0n) is 12.4. The van der Waals surface area contributed by atoms with E-state index in [0.717, 1.165) is 5.56 Å². The molecule has 114 valence electrons. The van der Waals surface area contributed by atoms with Gasteiger partial charge < -0.3 is 4.74 Å². The topological polar surface area (TPSA) is 26.3 Å². The lowest BCUT2D eigenvalue weighted by Crippen LogP contribution is -2.05. The van der Waals surface area contributed by atoms with Crippen LogP contribution in [0, 0.1) is 0 Å². The van der Waals surface area contributed by atoms with Crippen LogP contribution in [0.25, 0.3) is 0 Å². The van der Waals surface area contributed by atoms with E-state index >= 15 is 0 Å². The maximum atomic E-state index is 12.7. The first-order valence-electron chi connectivity index (χ1n) is 7.30. The molecular formula is C20H15ClO2. The highest BCUT2D eigenvalue weighted by Gasteiger charge is 2.14. The lowest BCUT2D eigenvalue weighted by molar-refractivity contribution is 0.103. The Morgan fingerprint density at radius 2 is 1.48 bits per heavy atom. The van der Waals surface area contributed by atoms with Crippen molar-refractivity contribution in [3.63, 3.8) is 0 Å². The van der Waals surface area contributed by atoms with Crippen LogP contribution in [0.3, 0.4) is 0 Å². The fourth-order valence-electron chi connectivity index (χ4n) is 2.27. The number of rotatable bonds is 5. The number of halogens is 1. The van der Waals surface area contributed by atoms with Crippen LogP contribution in [0.5, 0.6) is 5.75 Å². The first-order valence-corrected chi connectivity index (χ1v) is 7.68. The summed E-state index contributed by atoms with van der Waals surface area (Å²) in [5, 5.41) is 0.607. The van der Waals surface area contributed by atoms with Gasteiger partial charge in [0.15, 0.2) is 5.78 Å². The number of hydrogen-bond acceptors (Lipinski definition) is 2. The molecule has 0 aliphatic carbocycles. The molecule has 0 unspecified atom stereocenters. The van der Waals surface area contributed by atoms with Crippen LogP contribution < -0.4 is 4.74 Å². The summed E-state index contributed by atoms with van der Waals surface area (Å²) in [4.78, 5) is 12.7. The highest BCUT2D eigenvalue weighted by atomic mass is 35.5. The van der Waals surface area contributed by atoms with E-state index < -0.39 is 0 Å². The fourth-order valence-corrected chi connectivity index (χ4v) is 2.40. The van der Waals surface area contributed by atoms with E-state index in [1.807, 2.05) is 48.5 Å². The van der Waals surface area contributed by atoms with Crippen LogP contribution >= 0.6 is 11.6 Å². The third-order valence-electron chi connectivity index (χ3n) is 3.48. The lowest BCUT2D eigenvalue weighted by atomic mass is 10.0. The van der Waals surface area contributed by atoms with E-state index in [-0.39, 0.29) is 5.78 Å². The minimum absolute atomic E-state index is 0.0784. The lowest BCUT2D eigenvalue weighted by Gasteiger charge is -2.11. The van der Waals surface area contributed by atoms with Crippen LogP contribution in [0.15, 0.2) is 78.9 Å². The van der Waals surface area contributed by atoms with Crippen molar-refractivity contribution in [1.82, 2.24) is 0 Å². The molecule has 3 aromatic rings. The molecule has 0 N–H and O–H groups in total. The monoisotopic (exact) mass is 322 g/mol. The normalized spacial score (nSPS) is 10.3. The zero-order chi connectivity index (χ0) is 16.1. The molecular weight excluding hydrogens is 308 g/mol. The van der Waals surface area contributed by atoms with Gasteiger partial charge in [0.1, 0.15) is 12.4 Å². The summed E-state index contributed by atoms with van der Waals surface area (Å²) in [5.41, 5.74) is 2.19. The molecule has 0 aliphatic rings. The van der Waals surface area contributed by atoms with Gasteiger partial charge in [-0.2, -0.15) is 0 Å². The SMILES string of the molecule is O=C(c1ccc(Cl)cc1)c1ccccc1OCc1ccccc1. The van der Waals surface area contributed by atoms with E-state index in [2.05, 4.69) is 0 Å². The molecule has 2 nitrogen and oxygen atoms in total. The maximum absolute atomic E-state index is 12.7. The van der Waals surface area contributed by atoms with Gasteiger partial charge in [-0.1, -0.05) is 54.1 Å². The number of hydrogen-bond donors (Lipinski definition) is 0. The van der Waals surface area contributed by atoms with Gasteiger partial charge in [-0.15, -0.1) is 0 Å². The maximum Gasteiger partial charge on any atom is 0.196 e. The van der Waals surface area contributed by atoms with Crippen LogP contribution in [0.1, 0.15) is 21.5 Å². The second-order valence-electron chi connectivity index (χ2n) is 5.11. The van der Waals surface area contributed by atoms with Crippen LogP contribution in [-0.2, 0) is 6.61 Å². The smallest absolute Gasteiger partial charge is 0.196 e. The second kappa shape index (κ2) is 7.12. The summed E-state index contributed by atoms with van der Waals surface area (Å²) < 4.78 is 5.84. The van der Waals surface area contributed by atoms with E-state index in [4.69, 9.17) is 16.3 Å². The Morgan fingerprint density at radius 3 is 2.22 bits per heavy atom. The molecule has 0 aliphatic heterocycles. The van der Waals surface area contributed by atoms with Gasteiger partial charge in [-0.25, -0.2) is 0 Å². The molecule has 0 radical (unpaired) electrons. The molecule has 0 fully saturated rings. The van der Waals surface area contributed by atoms with Crippen molar-refractivity contribution in [3.05, 3.63) is 101 Å². The van der Waals surface area contributed by atoms with Crippen molar-refractivity contribution in [3.8, 4) is 5.75 Å². The van der Waals surface area contributed by atoms with Crippen molar-refractivity contribution < 1.29 is 9.53 Å². The highest BCUT2D eigenvalue weighted by molar-refractivity contribution is 6.30. The number of ketones is 1. The molecule has 23 heavy (non-hydrogen) atoms. The van der Waals surface area contributed by atoms with Gasteiger partial charge in [-0.3, -0.25) is 4.79 Å². The molecule has 0 saturated carbocycles. The number of carbonyl (C=O) groups excluding carboxylic acids is 1. The molecule has 3 rings (SSSR count). The van der Waals surface area contributed by atoms with Crippen molar-refractivity contribution in [2.45, 2.75) is 6.61 Å². The summed E-state index contributed by atoms with van der Waals surface area (Å²) in [6.07, 6.45) is 0. The second-order valence-corrected chi connectivity index (χ2v) is 5.54. The number of para-hydroxylation sites is 1. The minimum Gasteiger partial charge on any atom is -0.488 e. The largest absolute Gasteiger partial charge is 0.488 e. The van der Waals surface area contributed by atoms with Crippen LogP contribution in [-0.4, -0.2) is 5.78 Å². The average Bonchev–Trinajstić information content (AvgIpc) is 2.61. The number of benzene rings is 3. The van der Waals surface area contributed by atoms with Gasteiger partial charge in [0, 0.05) is 10.6 Å². The van der Waals surface area contributed by atoms with Gasteiger partial charge in [0.05, 0.1) is 5.56 Å². The van der Waals surface area contributed by atoms with E-state index in [1.54, 1.807) is 30.3 Å². The van der Waals surface area contributed by atoms with E-state index in [1.165, 1.54) is 0 Å². The standard InChI is InChI=1S/C20H15ClO2/c21-17-12-10-16(11-13-17)20(22)18-8-4-5-9-19(18)23-14-15-6-2-1-3-7-15/h1-13H,14H2. The first kappa shape index (κ1) is 15.3. The van der Waals surface area contributed by atoms with Gasteiger partial charge in [0.2, 0.25) is 0 Å². The molecule has 3 heteroatoms. The third kappa shape index (κ3) is 3.79. The predicted molar refractivity (Wildman–Crippen MR) is 92.1 cm³/mol. The molecule has 0 aromatic heterocycles. The Kier molecular flexibility index (Phi) is 4.74. The van der Waals surface area contributed by atoms with Crippen molar-refractivity contribution in [2.75, 3.05) is 0 Å². The summed E-state index contributed by atoms with van der Waals surface area (Å²) >= 11 is 5.88. The molecule has 0 spiro atoms. The molecule has 0 atom stereocenters. The Hall–Kier alpha value is -2.58. The fraction of sp³-hybridized carbons (Fsp3) is 0.0500. The number of ether oxygens (including phenoxy) is 1. The highest BCUT2D eigenvalue weighted by Crippen LogP contribution is 2.23. The molecule has 0 bridgehead atoms. The molecule has 0 saturated heterocycles. The zero-order valence-corrected chi connectivity index (χ0v) is 13.2. The van der Waals surface area contributed by atoms with Gasteiger partial charge in [0.25, 0.3) is 0 Å². The first-order chi connectivity index (χ1) is 11.2. The molecule has 0 amide bonds. The average molecular weight is 323 g/mol. The van der Waals surface area contributed by atoms with Crippen molar-refractivity contribution in [2.24, 2.45) is 0 Å². The van der Waals surface area contributed by atoms with Crippen molar-refractivity contribution >= 4 is 17.4 Å². The third-order valence-corrected chi connectivity index (χ3v) is 3.73. The quantitative estimate of drug-likeness (QED) is 0.607. The van der Waals surface area contributed by atoms with Crippen LogP contribution in [0.4, 0.5) is 0 Å². The minimum atomic E-state index is -0.0784. The van der Waals surface area contributed by atoms with Gasteiger partial charge >= 0.3 is 0 Å². The molecule has 0 heterocycles. The van der Waals surface area contributed by atoms with Crippen LogP contribution in [0.2, 0.25) is 5.02 Å². The Labute approximate surface area is 140 Å².